The molecule has 0 aliphatic rings. The number of nitrogens with one attached hydrogen (secondary N) is 2. The lowest BCUT2D eigenvalue weighted by Crippen LogP contribution is -2.16. The minimum Gasteiger partial charge on any atom is -0.496 e. The summed E-state index contributed by atoms with van der Waals surface area (Å²) in [5, 5.41) is 6.70. The summed E-state index contributed by atoms with van der Waals surface area (Å²) < 4.78 is 5.24. The van der Waals surface area contributed by atoms with E-state index in [1.54, 1.807) is 45.4 Å². The third-order valence-corrected chi connectivity index (χ3v) is 5.90. The van der Waals surface area contributed by atoms with E-state index in [1.807, 2.05) is 63.5 Å². The zero-order valence-electron chi connectivity index (χ0n) is 24.5. The molecule has 0 atom stereocenters. The van der Waals surface area contributed by atoms with E-state index in [-0.39, 0.29) is 5.78 Å². The number of ether oxygens (including phenoxy) is 1. The van der Waals surface area contributed by atoms with E-state index in [2.05, 4.69) is 35.4 Å². The van der Waals surface area contributed by atoms with Crippen LogP contribution in [-0.2, 0) is 4.79 Å². The van der Waals surface area contributed by atoms with E-state index in [4.69, 9.17) is 16.3 Å². The van der Waals surface area contributed by atoms with Gasteiger partial charge in [-0.1, -0.05) is 79.9 Å². The van der Waals surface area contributed by atoms with Crippen molar-refractivity contribution in [2.75, 3.05) is 34.8 Å². The number of halogens is 1. The summed E-state index contributed by atoms with van der Waals surface area (Å²) in [5.41, 5.74) is 5.81. The van der Waals surface area contributed by atoms with Gasteiger partial charge in [-0.15, -0.1) is 0 Å². The van der Waals surface area contributed by atoms with Gasteiger partial charge in [0.05, 0.1) is 12.1 Å². The van der Waals surface area contributed by atoms with Gasteiger partial charge in [0.25, 0.3) is 0 Å². The molecule has 0 spiro atoms. The normalized spacial score (nSPS) is 11.1. The first-order valence-corrected chi connectivity index (χ1v) is 13.0. The Labute approximate surface area is 244 Å². The zero-order chi connectivity index (χ0) is 30.5. The van der Waals surface area contributed by atoms with Crippen LogP contribution in [0.25, 0.3) is 6.08 Å². The van der Waals surface area contributed by atoms with Gasteiger partial charge in [-0.3, -0.25) is 14.6 Å². The number of aldehydes is 1. The maximum Gasteiger partial charge on any atom is 0.159 e. The van der Waals surface area contributed by atoms with Crippen LogP contribution in [0.4, 0.5) is 0 Å². The smallest absolute Gasteiger partial charge is 0.159 e. The number of allylic oxidation sites excluding steroid dienone is 5. The van der Waals surface area contributed by atoms with Crippen LogP contribution >= 0.6 is 11.6 Å². The topological polar surface area (TPSA) is 79.8 Å². The largest absolute Gasteiger partial charge is 0.496 e. The molecule has 2 aromatic rings. The van der Waals surface area contributed by atoms with E-state index in [0.717, 1.165) is 58.7 Å². The molecular weight excluding hydrogens is 522 g/mol. The molecule has 7 heteroatoms. The van der Waals surface area contributed by atoms with E-state index in [1.165, 1.54) is 0 Å². The number of hydrogen-bond acceptors (Lipinski definition) is 6. The van der Waals surface area contributed by atoms with E-state index < -0.39 is 0 Å². The molecule has 40 heavy (non-hydrogen) atoms. The highest BCUT2D eigenvalue weighted by Crippen LogP contribution is 2.29. The number of nitrogens with zero attached hydrogens (tertiary/aromatic N) is 1. The molecule has 2 aromatic carbocycles. The molecule has 0 radical (unpaired) electrons. The molecule has 0 aliphatic carbocycles. The van der Waals surface area contributed by atoms with Crippen molar-refractivity contribution in [2.24, 2.45) is 4.99 Å². The van der Waals surface area contributed by atoms with Gasteiger partial charge >= 0.3 is 0 Å². The van der Waals surface area contributed by atoms with E-state index in [9.17, 15) is 9.59 Å². The Kier molecular flexibility index (Phi) is 18.8. The minimum atomic E-state index is 0.121. The van der Waals surface area contributed by atoms with Crippen LogP contribution < -0.4 is 15.4 Å². The Hall–Kier alpha value is -4.00. The van der Waals surface area contributed by atoms with Crippen LogP contribution in [0.15, 0.2) is 102 Å². The number of ketones is 1. The highest BCUT2D eigenvalue weighted by atomic mass is 35.5. The van der Waals surface area contributed by atoms with Crippen molar-refractivity contribution < 1.29 is 14.3 Å². The van der Waals surface area contributed by atoms with Gasteiger partial charge in [0.2, 0.25) is 0 Å². The fourth-order valence-corrected chi connectivity index (χ4v) is 3.40. The average Bonchev–Trinajstić information content (AvgIpc) is 2.98. The van der Waals surface area contributed by atoms with Gasteiger partial charge in [-0.05, 0) is 44.7 Å². The molecular formula is C33H42ClN3O3. The Morgan fingerprint density at radius 2 is 1.73 bits per heavy atom. The highest BCUT2D eigenvalue weighted by Gasteiger charge is 2.08. The van der Waals surface area contributed by atoms with Gasteiger partial charge in [0.1, 0.15) is 5.75 Å². The summed E-state index contributed by atoms with van der Waals surface area (Å²) in [4.78, 5) is 25.7. The van der Waals surface area contributed by atoms with Crippen LogP contribution in [0.3, 0.4) is 0 Å². The molecule has 0 saturated heterocycles. The van der Waals surface area contributed by atoms with Gasteiger partial charge in [-0.25, -0.2) is 0 Å². The fourth-order valence-electron chi connectivity index (χ4n) is 3.11. The second-order valence-corrected chi connectivity index (χ2v) is 8.68. The number of hydrogen-bond donors (Lipinski definition) is 2. The van der Waals surface area contributed by atoms with E-state index in [0.29, 0.717) is 10.6 Å². The minimum absolute atomic E-state index is 0.121. The predicted octanol–water partition coefficient (Wildman–Crippen LogP) is 6.89. The van der Waals surface area contributed by atoms with Crippen molar-refractivity contribution >= 4 is 35.5 Å². The van der Waals surface area contributed by atoms with Gasteiger partial charge in [0.15, 0.2) is 12.1 Å². The van der Waals surface area contributed by atoms with E-state index >= 15 is 0 Å². The number of aliphatic imine (C=N–C) groups is 1. The van der Waals surface area contributed by atoms with Gasteiger partial charge < -0.3 is 15.4 Å². The first-order valence-electron chi connectivity index (χ1n) is 12.6. The molecule has 0 amide bonds. The molecule has 0 saturated carbocycles. The number of rotatable bonds is 12. The lowest BCUT2D eigenvalue weighted by atomic mass is 10.1. The number of methoxy groups -OCH3 is 1. The SMILES string of the molecule is C=CC(=C)/C=C/C(C=O)=C(/CCNC)NC.C=Cc1c(Cl)cc(C(C)=NC)cc1OC.CC(=O)c1ccccc1. The van der Waals surface area contributed by atoms with Crippen LogP contribution in [0.2, 0.25) is 5.02 Å². The fraction of sp³-hybridized carbons (Fsp3) is 0.242. The summed E-state index contributed by atoms with van der Waals surface area (Å²) in [6.45, 7) is 15.4. The maximum atomic E-state index is 10.9. The van der Waals surface area contributed by atoms with Crippen molar-refractivity contribution in [2.45, 2.75) is 20.3 Å². The Bertz CT molecular complexity index is 1230. The zero-order valence-corrected chi connectivity index (χ0v) is 25.3. The van der Waals surface area contributed by atoms with Crippen molar-refractivity contribution in [3.8, 4) is 5.75 Å². The van der Waals surface area contributed by atoms with Crippen molar-refractivity contribution in [3.05, 3.63) is 119 Å². The summed E-state index contributed by atoms with van der Waals surface area (Å²) in [6.07, 6.45) is 8.47. The van der Waals surface area contributed by atoms with Crippen molar-refractivity contribution in [1.82, 2.24) is 10.6 Å². The Morgan fingerprint density at radius 1 is 1.07 bits per heavy atom. The molecule has 2 N–H and O–H groups in total. The Morgan fingerprint density at radius 3 is 2.15 bits per heavy atom. The monoisotopic (exact) mass is 563 g/mol. The summed E-state index contributed by atoms with van der Waals surface area (Å²) >= 11 is 6.11. The molecule has 0 heterocycles. The lowest BCUT2D eigenvalue weighted by Gasteiger charge is -2.09. The van der Waals surface area contributed by atoms with Crippen LogP contribution in [0, 0.1) is 0 Å². The van der Waals surface area contributed by atoms with Crippen LogP contribution in [0.5, 0.6) is 5.75 Å². The lowest BCUT2D eigenvalue weighted by molar-refractivity contribution is -0.104. The third-order valence-electron chi connectivity index (χ3n) is 5.59. The summed E-state index contributed by atoms with van der Waals surface area (Å²) in [7, 11) is 7.05. The number of Topliss-reactive ketones (excluding diaryl/α,β-unsaturated/α-hetero) is 1. The molecule has 6 nitrogen and oxygen atoms in total. The molecule has 0 fully saturated rings. The summed E-state index contributed by atoms with van der Waals surface area (Å²) in [5.74, 6) is 0.839. The highest BCUT2D eigenvalue weighted by molar-refractivity contribution is 6.32. The number of carbonyl (C=O) groups is 2. The molecule has 0 bridgehead atoms. The number of carbonyl (C=O) groups excluding carboxylic acids is 2. The average molecular weight is 564 g/mol. The van der Waals surface area contributed by atoms with Crippen LogP contribution in [0.1, 0.15) is 41.8 Å². The van der Waals surface area contributed by atoms with Crippen molar-refractivity contribution in [3.63, 3.8) is 0 Å². The second-order valence-electron chi connectivity index (χ2n) is 8.28. The maximum absolute atomic E-state index is 10.9. The molecule has 2 rings (SSSR count). The first kappa shape index (κ1) is 36.0. The quantitative estimate of drug-likeness (QED) is 0.0966. The number of benzene rings is 2. The van der Waals surface area contributed by atoms with Crippen molar-refractivity contribution in [1.29, 1.82) is 0 Å². The summed E-state index contributed by atoms with van der Waals surface area (Å²) in [6, 6.07) is 13.0. The molecule has 0 aromatic heterocycles. The Balaban J connectivity index is 0.000000591. The van der Waals surface area contributed by atoms with Gasteiger partial charge in [0, 0.05) is 60.7 Å². The van der Waals surface area contributed by atoms with Crippen LogP contribution in [-0.4, -0.2) is 52.6 Å². The molecule has 0 aliphatic heterocycles. The van der Waals surface area contributed by atoms with Gasteiger partial charge in [-0.2, -0.15) is 0 Å². The second kappa shape index (κ2) is 20.9. The third kappa shape index (κ3) is 13.2. The molecule has 0 unspecified atom stereocenters. The predicted molar refractivity (Wildman–Crippen MR) is 172 cm³/mol. The molecule has 214 valence electrons. The first-order chi connectivity index (χ1) is 19.1. The standard InChI is InChI=1S/C13H20N2O.C12H14ClNO.C8H8O/c1-5-11(2)6-7-12(10-16)13(15-4)8-9-14-3;1-5-10-11(13)6-9(8(2)14-3)7-12(10)15-4;1-7(9)8-5-3-2-4-6-8/h5-7,10,14-15H,1-2,8-9H2,3-4H3;5-7H,1H2,2-4H3;2-6H,1H3/b7-6+,13-12+;;.